The molecule has 176 valence electrons. The Morgan fingerprint density at radius 1 is 1.13 bits per heavy atom. The van der Waals surface area contributed by atoms with Gasteiger partial charge in [-0.05, 0) is 37.1 Å². The van der Waals surface area contributed by atoms with Gasteiger partial charge in [0.2, 0.25) is 0 Å². The van der Waals surface area contributed by atoms with E-state index >= 15 is 0 Å². The quantitative estimate of drug-likeness (QED) is 0.186. The second kappa shape index (κ2) is 18.4. The summed E-state index contributed by atoms with van der Waals surface area (Å²) < 4.78 is 0. The van der Waals surface area contributed by atoms with E-state index in [1.807, 2.05) is 58.0 Å². The molecule has 0 aliphatic rings. The van der Waals surface area contributed by atoms with Crippen LogP contribution in [-0.4, -0.2) is 23.6 Å². The molecule has 0 heterocycles. The molecule has 0 aliphatic carbocycles. The number of nitrogens with zero attached hydrogens (tertiary/aromatic N) is 2. The molecule has 0 radical (unpaired) electrons. The lowest BCUT2D eigenvalue weighted by Gasteiger charge is -2.24. The molecule has 0 spiro atoms. The van der Waals surface area contributed by atoms with Crippen LogP contribution in [0.1, 0.15) is 93.6 Å². The van der Waals surface area contributed by atoms with Gasteiger partial charge in [0.15, 0.2) is 5.78 Å². The minimum absolute atomic E-state index is 0.0161. The van der Waals surface area contributed by atoms with E-state index in [0.717, 1.165) is 30.6 Å². The lowest BCUT2D eigenvalue weighted by Crippen LogP contribution is -2.28. The van der Waals surface area contributed by atoms with Crippen molar-refractivity contribution in [2.75, 3.05) is 11.9 Å². The van der Waals surface area contributed by atoms with Gasteiger partial charge in [-0.1, -0.05) is 93.4 Å². The monoisotopic (exact) mass is 429 g/mol. The standard InChI is InChI=1S/C21H31N3O.2C3H8/c1-7-10-14-22-18-13-11-12-17(15-18)16-19(20(25)21(4,5)6)24(9-3)23-8-2;2*1-3-2/h8-9,11-13,15-16,22H,3,7,10,14H2,1-2,4-6H3;2*3H2,1-2H3/b19-16-,23-8-;;. The van der Waals surface area contributed by atoms with Crippen LogP contribution in [-0.2, 0) is 4.79 Å². The van der Waals surface area contributed by atoms with E-state index in [9.17, 15) is 4.79 Å². The number of allylic oxidation sites excluding steroid dienone is 1. The summed E-state index contributed by atoms with van der Waals surface area (Å²) in [6.07, 6.45) is 9.85. The molecule has 1 N–H and O–H groups in total. The summed E-state index contributed by atoms with van der Waals surface area (Å²) in [5, 5.41) is 9.18. The Bertz CT molecular complexity index is 667. The third-order valence-electron chi connectivity index (χ3n) is 3.62. The van der Waals surface area contributed by atoms with Crippen LogP contribution in [0.3, 0.4) is 0 Å². The van der Waals surface area contributed by atoms with Gasteiger partial charge in [-0.15, -0.1) is 0 Å². The zero-order valence-electron chi connectivity index (χ0n) is 21.6. The molecular weight excluding hydrogens is 382 g/mol. The SMILES string of the molecule is C=CN(/N=C\C)/C(=C\c1cccc(NCCCC)c1)C(=O)C(C)(C)C.CCC.CCC. The number of hydrazone groups is 1. The minimum Gasteiger partial charge on any atom is -0.385 e. The Balaban J connectivity index is 0. The second-order valence-corrected chi connectivity index (χ2v) is 8.33. The fourth-order valence-corrected chi connectivity index (χ4v) is 2.26. The summed E-state index contributed by atoms with van der Waals surface area (Å²) >= 11 is 0. The van der Waals surface area contributed by atoms with Crippen molar-refractivity contribution in [3.63, 3.8) is 0 Å². The van der Waals surface area contributed by atoms with Crippen molar-refractivity contribution in [1.82, 2.24) is 5.01 Å². The maximum Gasteiger partial charge on any atom is 0.186 e. The molecule has 0 saturated heterocycles. The molecule has 4 heteroatoms. The van der Waals surface area contributed by atoms with Crippen LogP contribution in [0.5, 0.6) is 0 Å². The van der Waals surface area contributed by atoms with Crippen LogP contribution in [0, 0.1) is 5.41 Å². The number of Topliss-reactive ketones (excluding diaryl/α,β-unsaturated/α-hetero) is 1. The van der Waals surface area contributed by atoms with E-state index < -0.39 is 5.41 Å². The lowest BCUT2D eigenvalue weighted by atomic mass is 9.88. The van der Waals surface area contributed by atoms with Gasteiger partial charge in [-0.2, -0.15) is 5.10 Å². The lowest BCUT2D eigenvalue weighted by molar-refractivity contribution is -0.123. The van der Waals surface area contributed by atoms with Crippen LogP contribution in [0.15, 0.2) is 47.8 Å². The molecule has 0 aliphatic heterocycles. The predicted octanol–water partition coefficient (Wildman–Crippen LogP) is 8.14. The molecule has 0 saturated carbocycles. The highest BCUT2D eigenvalue weighted by Gasteiger charge is 2.27. The van der Waals surface area contributed by atoms with E-state index in [-0.39, 0.29) is 5.78 Å². The van der Waals surface area contributed by atoms with Gasteiger partial charge in [0.25, 0.3) is 0 Å². The summed E-state index contributed by atoms with van der Waals surface area (Å²) in [4.78, 5) is 12.9. The van der Waals surface area contributed by atoms with Crippen LogP contribution in [0.25, 0.3) is 6.08 Å². The zero-order chi connectivity index (χ0) is 24.3. The van der Waals surface area contributed by atoms with Crippen LogP contribution >= 0.6 is 0 Å². The largest absolute Gasteiger partial charge is 0.385 e. The Morgan fingerprint density at radius 3 is 2.16 bits per heavy atom. The minimum atomic E-state index is -0.507. The number of benzene rings is 1. The maximum absolute atomic E-state index is 12.9. The number of anilines is 1. The number of rotatable bonds is 9. The number of unbranched alkanes of at least 4 members (excludes halogenated alkanes) is 1. The molecule has 4 nitrogen and oxygen atoms in total. The van der Waals surface area contributed by atoms with Crippen molar-refractivity contribution in [2.24, 2.45) is 10.5 Å². The molecule has 0 fully saturated rings. The van der Waals surface area contributed by atoms with E-state index in [1.165, 1.54) is 17.9 Å². The third-order valence-corrected chi connectivity index (χ3v) is 3.62. The summed E-state index contributed by atoms with van der Waals surface area (Å²) in [5.74, 6) is 0.0161. The van der Waals surface area contributed by atoms with Gasteiger partial charge in [-0.25, -0.2) is 5.01 Å². The van der Waals surface area contributed by atoms with Gasteiger partial charge in [0.05, 0.1) is 0 Å². The van der Waals surface area contributed by atoms with Crippen molar-refractivity contribution in [3.05, 3.63) is 48.3 Å². The topological polar surface area (TPSA) is 44.7 Å². The Kier molecular flexibility index (Phi) is 18.3. The van der Waals surface area contributed by atoms with Crippen molar-refractivity contribution < 1.29 is 4.79 Å². The average molecular weight is 430 g/mol. The average Bonchev–Trinajstić information content (AvgIpc) is 2.71. The first-order valence-electron chi connectivity index (χ1n) is 11.7. The molecule has 0 unspecified atom stereocenters. The summed E-state index contributed by atoms with van der Waals surface area (Å²) in [7, 11) is 0. The molecule has 0 amide bonds. The first-order valence-corrected chi connectivity index (χ1v) is 11.7. The van der Waals surface area contributed by atoms with Crippen LogP contribution < -0.4 is 5.32 Å². The summed E-state index contributed by atoms with van der Waals surface area (Å²) in [6.45, 7) is 22.9. The summed E-state index contributed by atoms with van der Waals surface area (Å²) in [5.41, 5.74) is 2.00. The first-order chi connectivity index (χ1) is 14.7. The van der Waals surface area contributed by atoms with Gasteiger partial charge in [-0.3, -0.25) is 4.79 Å². The van der Waals surface area contributed by atoms with Gasteiger partial charge >= 0.3 is 0 Å². The number of carbonyl (C=O) groups excluding carboxylic acids is 1. The molecule has 0 atom stereocenters. The number of hydrogen-bond donors (Lipinski definition) is 1. The molecule has 1 aromatic rings. The van der Waals surface area contributed by atoms with Crippen molar-refractivity contribution in [2.45, 2.75) is 88.0 Å². The fourth-order valence-electron chi connectivity index (χ4n) is 2.26. The van der Waals surface area contributed by atoms with E-state index in [1.54, 1.807) is 12.4 Å². The van der Waals surface area contributed by atoms with E-state index in [4.69, 9.17) is 0 Å². The molecular formula is C27H47N3O. The summed E-state index contributed by atoms with van der Waals surface area (Å²) in [6, 6.07) is 8.05. The number of carbonyl (C=O) groups is 1. The Hall–Kier alpha value is -2.36. The molecule has 31 heavy (non-hydrogen) atoms. The molecule has 1 rings (SSSR count). The first kappa shape index (κ1) is 30.8. The normalized spacial score (nSPS) is 11.1. The van der Waals surface area contributed by atoms with Crippen molar-refractivity contribution >= 4 is 23.8 Å². The third kappa shape index (κ3) is 14.3. The highest BCUT2D eigenvalue weighted by atomic mass is 16.1. The van der Waals surface area contributed by atoms with Gasteiger partial charge in [0.1, 0.15) is 5.70 Å². The number of nitrogens with one attached hydrogen (secondary N) is 1. The Morgan fingerprint density at radius 2 is 1.71 bits per heavy atom. The Labute approximate surface area is 192 Å². The highest BCUT2D eigenvalue weighted by molar-refractivity contribution is 6.02. The van der Waals surface area contributed by atoms with Crippen molar-refractivity contribution in [3.8, 4) is 0 Å². The highest BCUT2D eigenvalue weighted by Crippen LogP contribution is 2.25. The number of ketones is 1. The van der Waals surface area contributed by atoms with Crippen LogP contribution in [0.4, 0.5) is 5.69 Å². The van der Waals surface area contributed by atoms with Crippen LogP contribution in [0.2, 0.25) is 0 Å². The van der Waals surface area contributed by atoms with Gasteiger partial charge < -0.3 is 5.32 Å². The van der Waals surface area contributed by atoms with Crippen molar-refractivity contribution in [1.29, 1.82) is 0 Å². The predicted molar refractivity (Wildman–Crippen MR) is 140 cm³/mol. The second-order valence-electron chi connectivity index (χ2n) is 8.33. The van der Waals surface area contributed by atoms with E-state index in [0.29, 0.717) is 5.70 Å². The molecule has 0 aromatic heterocycles. The fraction of sp³-hybridized carbons (Fsp3) is 0.556. The maximum atomic E-state index is 12.9. The molecule has 1 aromatic carbocycles. The smallest absolute Gasteiger partial charge is 0.186 e. The number of hydrogen-bond acceptors (Lipinski definition) is 4. The zero-order valence-corrected chi connectivity index (χ0v) is 21.6. The van der Waals surface area contributed by atoms with E-state index in [2.05, 4.69) is 51.6 Å². The van der Waals surface area contributed by atoms with Gasteiger partial charge in [0, 0.05) is 30.1 Å². The molecule has 0 bridgehead atoms.